The van der Waals surface area contributed by atoms with Crippen LogP contribution in [0.4, 0.5) is 0 Å². The fraction of sp³-hybridized carbons (Fsp3) is 0.931. The molecule has 0 aromatic carbocycles. The number of carboxylic acids is 1. The third-order valence-corrected chi connectivity index (χ3v) is 9.67. The standard InChI is InChI=1S/C29H50N2O23/c1-7(36)31-14-18(42)21(12(6-35)50-26(14)52-24-19(43)16(40)10(4-33)48-25(24)45)51-27-20(44)23(17(41)11(5-34)49-27)54-29(28(46)47)2-8(37)13(30)22(53-29)15(39)9(38)3-32/h8-27,32-35,37-45H,2-6,30H2,1H3,(H,31,36)(H,46,47)/t8-,9+,10+,11+,12+,13+,14+,15+,16+,17-,18+,19-,20+,21+,22+,23-,24-,25-,26-,27-,29-/m0/s1. The van der Waals surface area contributed by atoms with Crippen molar-refractivity contribution in [2.45, 2.75) is 142 Å². The number of nitrogens with one attached hydrogen (secondary N) is 1. The second-order valence-corrected chi connectivity index (χ2v) is 13.4. The van der Waals surface area contributed by atoms with E-state index in [-0.39, 0.29) is 0 Å². The van der Waals surface area contributed by atoms with Crippen molar-refractivity contribution in [2.75, 3.05) is 26.4 Å². The number of hydrogen-bond acceptors (Lipinski definition) is 23. The molecule has 54 heavy (non-hydrogen) atoms. The van der Waals surface area contributed by atoms with Crippen molar-refractivity contribution in [3.05, 3.63) is 0 Å². The van der Waals surface area contributed by atoms with Gasteiger partial charge in [-0.05, 0) is 0 Å². The summed E-state index contributed by atoms with van der Waals surface area (Å²) in [6.45, 7) is -2.83. The van der Waals surface area contributed by atoms with E-state index in [1.54, 1.807) is 0 Å². The molecular weight excluding hydrogens is 744 g/mol. The van der Waals surface area contributed by atoms with Gasteiger partial charge in [0.15, 0.2) is 18.9 Å². The molecule has 0 saturated carbocycles. The van der Waals surface area contributed by atoms with Gasteiger partial charge < -0.3 is 116 Å². The first-order chi connectivity index (χ1) is 25.4. The molecule has 4 aliphatic rings. The summed E-state index contributed by atoms with van der Waals surface area (Å²) in [5.41, 5.74) is 5.88. The lowest BCUT2D eigenvalue weighted by Gasteiger charge is -2.51. The minimum Gasteiger partial charge on any atom is -0.477 e. The number of ether oxygens (including phenoxy) is 7. The molecule has 0 aromatic heterocycles. The summed E-state index contributed by atoms with van der Waals surface area (Å²) in [5.74, 6) is -5.81. The molecule has 0 unspecified atom stereocenters. The van der Waals surface area contributed by atoms with Crippen molar-refractivity contribution in [3.63, 3.8) is 0 Å². The zero-order chi connectivity index (χ0) is 40.4. The number of aliphatic carboxylic acids is 1. The van der Waals surface area contributed by atoms with Gasteiger partial charge >= 0.3 is 5.97 Å². The number of carboxylic acid groups (broad SMARTS) is 1. The molecule has 4 heterocycles. The molecule has 25 nitrogen and oxygen atoms in total. The molecule has 314 valence electrons. The zero-order valence-electron chi connectivity index (χ0n) is 28.6. The molecule has 1 amide bonds. The van der Waals surface area contributed by atoms with Gasteiger partial charge in [-0.3, -0.25) is 4.79 Å². The van der Waals surface area contributed by atoms with Crippen LogP contribution in [-0.4, -0.2) is 238 Å². The predicted octanol–water partition coefficient (Wildman–Crippen LogP) is -10.4. The second-order valence-electron chi connectivity index (χ2n) is 13.4. The van der Waals surface area contributed by atoms with Gasteiger partial charge in [-0.2, -0.15) is 0 Å². The van der Waals surface area contributed by atoms with Gasteiger partial charge in [0.1, 0.15) is 91.5 Å². The Bertz CT molecular complexity index is 1240. The third kappa shape index (κ3) is 9.12. The molecule has 4 aliphatic heterocycles. The molecule has 25 heteroatoms. The van der Waals surface area contributed by atoms with E-state index in [4.69, 9.17) is 38.9 Å². The number of rotatable bonds is 14. The Labute approximate surface area is 305 Å². The highest BCUT2D eigenvalue weighted by Gasteiger charge is 2.60. The highest BCUT2D eigenvalue weighted by atomic mass is 16.8. The number of nitrogens with two attached hydrogens (primary N) is 1. The Balaban J connectivity index is 1.60. The molecular formula is C29H50N2O23. The van der Waals surface area contributed by atoms with Gasteiger partial charge in [0.2, 0.25) is 5.91 Å². The Morgan fingerprint density at radius 3 is 1.91 bits per heavy atom. The maximum Gasteiger partial charge on any atom is 0.364 e. The van der Waals surface area contributed by atoms with E-state index in [2.05, 4.69) is 5.32 Å². The Kier molecular flexibility index (Phi) is 15.4. The van der Waals surface area contributed by atoms with Crippen molar-refractivity contribution < 1.29 is 114 Å². The lowest BCUT2D eigenvalue weighted by Crippen LogP contribution is -2.71. The van der Waals surface area contributed by atoms with Crippen molar-refractivity contribution in [2.24, 2.45) is 5.73 Å². The fourth-order valence-corrected chi connectivity index (χ4v) is 6.66. The van der Waals surface area contributed by atoms with Crippen molar-refractivity contribution in [3.8, 4) is 0 Å². The minimum absolute atomic E-state index is 0.797. The van der Waals surface area contributed by atoms with Crippen LogP contribution in [0.25, 0.3) is 0 Å². The molecule has 4 fully saturated rings. The molecule has 0 radical (unpaired) electrons. The number of amides is 1. The van der Waals surface area contributed by atoms with Gasteiger partial charge in [-0.15, -0.1) is 0 Å². The Morgan fingerprint density at radius 1 is 0.778 bits per heavy atom. The SMILES string of the molecule is CC(=O)N[C@H]1[C@H](O[C@H]2[C@@H](O)[C@H](O)[C@@H](CO)O[C@@H]2O)O[C@H](CO)[C@@H](O[C@@H]2O[C@H](CO)[C@H](O)[C@H](O[C@]3(C(=O)O)C[C@H](O)[C@@H](N)[C@H]([C@H](O)[C@H](O)CO)O3)[C@H]2O)[C@@H]1O. The molecule has 0 bridgehead atoms. The fourth-order valence-electron chi connectivity index (χ4n) is 6.66. The van der Waals surface area contributed by atoms with E-state index >= 15 is 0 Å². The largest absolute Gasteiger partial charge is 0.477 e. The Morgan fingerprint density at radius 2 is 1.35 bits per heavy atom. The van der Waals surface area contributed by atoms with Crippen LogP contribution in [0.5, 0.6) is 0 Å². The minimum atomic E-state index is -3.03. The number of hydrogen-bond donors (Lipinski definition) is 16. The van der Waals surface area contributed by atoms with Crippen LogP contribution >= 0.6 is 0 Å². The van der Waals surface area contributed by atoms with Crippen molar-refractivity contribution in [1.29, 1.82) is 0 Å². The van der Waals surface area contributed by atoms with Gasteiger partial charge in [-0.25, -0.2) is 4.79 Å². The van der Waals surface area contributed by atoms with Gasteiger partial charge in [-0.1, -0.05) is 0 Å². The summed E-state index contributed by atoms with van der Waals surface area (Å²) in [4.78, 5) is 24.8. The molecule has 0 aromatic rings. The van der Waals surface area contributed by atoms with Gasteiger partial charge in [0, 0.05) is 13.3 Å². The van der Waals surface area contributed by atoms with Crippen LogP contribution in [-0.2, 0) is 42.7 Å². The van der Waals surface area contributed by atoms with E-state index in [9.17, 15) is 81.1 Å². The van der Waals surface area contributed by atoms with Crippen LogP contribution in [0.3, 0.4) is 0 Å². The van der Waals surface area contributed by atoms with Gasteiger partial charge in [0.05, 0.1) is 38.6 Å². The predicted molar refractivity (Wildman–Crippen MR) is 165 cm³/mol. The first-order valence-corrected chi connectivity index (χ1v) is 16.8. The first-order valence-electron chi connectivity index (χ1n) is 16.8. The van der Waals surface area contributed by atoms with E-state index in [0.717, 1.165) is 6.92 Å². The van der Waals surface area contributed by atoms with E-state index < -0.39 is 173 Å². The lowest BCUT2D eigenvalue weighted by atomic mass is 9.88. The molecule has 21 atom stereocenters. The van der Waals surface area contributed by atoms with Crippen molar-refractivity contribution >= 4 is 11.9 Å². The smallest absolute Gasteiger partial charge is 0.364 e. The van der Waals surface area contributed by atoms with Crippen LogP contribution in [0.15, 0.2) is 0 Å². The lowest BCUT2D eigenvalue weighted by molar-refractivity contribution is -0.387. The maximum atomic E-state index is 12.6. The van der Waals surface area contributed by atoms with Crippen molar-refractivity contribution in [1.82, 2.24) is 5.32 Å². The molecule has 17 N–H and O–H groups in total. The van der Waals surface area contributed by atoms with Crippen LogP contribution < -0.4 is 11.1 Å². The van der Waals surface area contributed by atoms with E-state index in [1.807, 2.05) is 0 Å². The highest BCUT2D eigenvalue weighted by molar-refractivity contribution is 5.76. The summed E-state index contributed by atoms with van der Waals surface area (Å²) in [6.07, 6.45) is -35.3. The number of carbonyl (C=O) groups is 2. The monoisotopic (exact) mass is 794 g/mol. The number of aliphatic hydroxyl groups excluding tert-OH is 13. The number of aliphatic hydroxyl groups is 13. The molecule has 0 aliphatic carbocycles. The Hall–Kier alpha value is -1.90. The average molecular weight is 795 g/mol. The third-order valence-electron chi connectivity index (χ3n) is 9.67. The molecule has 4 saturated heterocycles. The summed E-state index contributed by atoms with van der Waals surface area (Å²) < 4.78 is 38.7. The summed E-state index contributed by atoms with van der Waals surface area (Å²) in [5, 5.41) is 148. The van der Waals surface area contributed by atoms with Crippen LogP contribution in [0.2, 0.25) is 0 Å². The second kappa shape index (κ2) is 18.6. The maximum absolute atomic E-state index is 12.6. The number of carbonyl (C=O) groups excluding carboxylic acids is 1. The highest BCUT2D eigenvalue weighted by Crippen LogP contribution is 2.38. The molecule has 4 rings (SSSR count). The van der Waals surface area contributed by atoms with Gasteiger partial charge in [0.25, 0.3) is 5.79 Å². The summed E-state index contributed by atoms with van der Waals surface area (Å²) in [6, 6.07) is -3.22. The zero-order valence-corrected chi connectivity index (χ0v) is 28.6. The molecule has 0 spiro atoms. The summed E-state index contributed by atoms with van der Waals surface area (Å²) in [7, 11) is 0. The first kappa shape index (κ1) is 44.8. The quantitative estimate of drug-likeness (QED) is 0.0776. The van der Waals surface area contributed by atoms with Crippen LogP contribution in [0.1, 0.15) is 13.3 Å². The average Bonchev–Trinajstić information content (AvgIpc) is 3.13. The van der Waals surface area contributed by atoms with Crippen LogP contribution in [0, 0.1) is 0 Å². The topological polar surface area (TPSA) is 420 Å². The van der Waals surface area contributed by atoms with E-state index in [1.165, 1.54) is 0 Å². The normalized spacial score (nSPS) is 47.1. The summed E-state index contributed by atoms with van der Waals surface area (Å²) >= 11 is 0. The van der Waals surface area contributed by atoms with E-state index in [0.29, 0.717) is 0 Å².